The lowest BCUT2D eigenvalue weighted by atomic mass is 9.99. The first-order valence-corrected chi connectivity index (χ1v) is 8.10. The van der Waals surface area contributed by atoms with Gasteiger partial charge in [-0.1, -0.05) is 60.7 Å². The second kappa shape index (κ2) is 7.53. The van der Waals surface area contributed by atoms with E-state index in [9.17, 15) is 9.90 Å². The molecule has 0 saturated heterocycles. The average molecular weight is 332 g/mol. The van der Waals surface area contributed by atoms with Gasteiger partial charge in [-0.25, -0.2) is 4.79 Å². The number of urea groups is 1. The Morgan fingerprint density at radius 3 is 1.96 bits per heavy atom. The molecule has 0 saturated carbocycles. The molecule has 0 aliphatic heterocycles. The van der Waals surface area contributed by atoms with E-state index in [4.69, 9.17) is 0 Å². The SMILES string of the molecule is Cc1cc(O)ccc1NC(=O)NC(c1ccccc1)c1ccccc1. The predicted molar refractivity (Wildman–Crippen MR) is 99.7 cm³/mol. The summed E-state index contributed by atoms with van der Waals surface area (Å²) in [6, 6.07) is 24.0. The molecule has 0 unspecified atom stereocenters. The first-order chi connectivity index (χ1) is 12.1. The van der Waals surface area contributed by atoms with Gasteiger partial charge in [0.05, 0.1) is 6.04 Å². The molecule has 2 amide bonds. The van der Waals surface area contributed by atoms with Crippen LogP contribution in [0.2, 0.25) is 0 Å². The van der Waals surface area contributed by atoms with E-state index in [2.05, 4.69) is 10.6 Å². The summed E-state index contributed by atoms with van der Waals surface area (Å²) >= 11 is 0. The number of phenolic OH excluding ortho intramolecular Hbond substituents is 1. The molecule has 0 heterocycles. The Kier molecular flexibility index (Phi) is 5.00. The van der Waals surface area contributed by atoms with Crippen LogP contribution < -0.4 is 10.6 Å². The van der Waals surface area contributed by atoms with Gasteiger partial charge in [-0.05, 0) is 41.8 Å². The van der Waals surface area contributed by atoms with E-state index in [0.29, 0.717) is 5.69 Å². The third kappa shape index (κ3) is 4.18. The van der Waals surface area contributed by atoms with Crippen molar-refractivity contribution in [3.63, 3.8) is 0 Å². The number of aromatic hydroxyl groups is 1. The number of phenols is 1. The van der Waals surface area contributed by atoms with Gasteiger partial charge in [0.2, 0.25) is 0 Å². The number of nitrogens with one attached hydrogen (secondary N) is 2. The summed E-state index contributed by atoms with van der Waals surface area (Å²) in [5.74, 6) is 0.176. The minimum absolute atomic E-state index is 0.176. The molecule has 0 bridgehead atoms. The smallest absolute Gasteiger partial charge is 0.319 e. The van der Waals surface area contributed by atoms with Gasteiger partial charge >= 0.3 is 6.03 Å². The lowest BCUT2D eigenvalue weighted by Crippen LogP contribution is -2.33. The standard InChI is InChI=1S/C21H20N2O2/c1-15-14-18(24)12-13-19(15)22-21(25)23-20(16-8-4-2-5-9-16)17-10-6-3-7-11-17/h2-14,20,24H,1H3,(H2,22,23,25). The maximum absolute atomic E-state index is 12.5. The quantitative estimate of drug-likeness (QED) is 0.611. The van der Waals surface area contributed by atoms with E-state index in [1.165, 1.54) is 0 Å². The van der Waals surface area contributed by atoms with E-state index >= 15 is 0 Å². The van der Waals surface area contributed by atoms with E-state index in [1.807, 2.05) is 67.6 Å². The third-order valence-electron chi connectivity index (χ3n) is 4.00. The van der Waals surface area contributed by atoms with Crippen LogP contribution in [0.4, 0.5) is 10.5 Å². The first kappa shape index (κ1) is 16.6. The second-order valence-corrected chi connectivity index (χ2v) is 5.85. The molecule has 3 aromatic carbocycles. The molecule has 4 heteroatoms. The second-order valence-electron chi connectivity index (χ2n) is 5.85. The zero-order valence-corrected chi connectivity index (χ0v) is 13.9. The summed E-state index contributed by atoms with van der Waals surface area (Å²) in [6.07, 6.45) is 0. The van der Waals surface area contributed by atoms with Gasteiger partial charge in [-0.15, -0.1) is 0 Å². The van der Waals surface area contributed by atoms with Crippen molar-refractivity contribution in [1.82, 2.24) is 5.32 Å². The molecule has 126 valence electrons. The van der Waals surface area contributed by atoms with Gasteiger partial charge in [0.1, 0.15) is 5.75 Å². The Balaban J connectivity index is 1.82. The minimum atomic E-state index is -0.300. The highest BCUT2D eigenvalue weighted by molar-refractivity contribution is 5.90. The molecule has 25 heavy (non-hydrogen) atoms. The monoisotopic (exact) mass is 332 g/mol. The molecule has 0 spiro atoms. The van der Waals surface area contributed by atoms with Crippen LogP contribution in [0.25, 0.3) is 0 Å². The van der Waals surface area contributed by atoms with E-state index in [0.717, 1.165) is 16.7 Å². The van der Waals surface area contributed by atoms with Gasteiger partial charge in [0.25, 0.3) is 0 Å². The van der Waals surface area contributed by atoms with Crippen LogP contribution in [0.3, 0.4) is 0 Å². The molecular weight excluding hydrogens is 312 g/mol. The number of hydrogen-bond donors (Lipinski definition) is 3. The predicted octanol–water partition coefficient (Wildman–Crippen LogP) is 4.61. The highest BCUT2D eigenvalue weighted by atomic mass is 16.3. The molecule has 0 atom stereocenters. The van der Waals surface area contributed by atoms with Crippen molar-refractivity contribution in [3.8, 4) is 5.75 Å². The Hall–Kier alpha value is -3.27. The molecule has 3 rings (SSSR count). The third-order valence-corrected chi connectivity index (χ3v) is 4.00. The molecule has 0 fully saturated rings. The Bertz CT molecular complexity index is 809. The minimum Gasteiger partial charge on any atom is -0.508 e. The molecule has 0 aliphatic carbocycles. The topological polar surface area (TPSA) is 61.4 Å². The Morgan fingerprint density at radius 2 is 1.44 bits per heavy atom. The van der Waals surface area contributed by atoms with Crippen molar-refractivity contribution in [3.05, 3.63) is 95.6 Å². The lowest BCUT2D eigenvalue weighted by Gasteiger charge is -2.20. The molecule has 3 N–H and O–H groups in total. The average Bonchev–Trinajstić information content (AvgIpc) is 2.63. The number of aryl methyl sites for hydroxylation is 1. The number of benzene rings is 3. The molecule has 3 aromatic rings. The van der Waals surface area contributed by atoms with Crippen molar-refractivity contribution >= 4 is 11.7 Å². The summed E-state index contributed by atoms with van der Waals surface area (Å²) in [4.78, 5) is 12.5. The fourth-order valence-electron chi connectivity index (χ4n) is 2.73. The van der Waals surface area contributed by atoms with Crippen LogP contribution in [0.5, 0.6) is 5.75 Å². The summed E-state index contributed by atoms with van der Waals surface area (Å²) < 4.78 is 0. The fraction of sp³-hybridized carbons (Fsp3) is 0.0952. The number of carbonyl (C=O) groups is 1. The molecular formula is C21H20N2O2. The van der Waals surface area contributed by atoms with E-state index in [1.54, 1.807) is 18.2 Å². The zero-order valence-electron chi connectivity index (χ0n) is 13.9. The molecule has 0 aromatic heterocycles. The Labute approximate surface area is 147 Å². The van der Waals surface area contributed by atoms with Crippen LogP contribution in [-0.2, 0) is 0 Å². The van der Waals surface area contributed by atoms with Crippen molar-refractivity contribution < 1.29 is 9.90 Å². The number of hydrogen-bond acceptors (Lipinski definition) is 2. The van der Waals surface area contributed by atoms with Gasteiger partial charge in [-0.2, -0.15) is 0 Å². The maximum atomic E-state index is 12.5. The van der Waals surface area contributed by atoms with E-state index in [-0.39, 0.29) is 17.8 Å². The van der Waals surface area contributed by atoms with Crippen LogP contribution in [0.15, 0.2) is 78.9 Å². The van der Waals surface area contributed by atoms with E-state index < -0.39 is 0 Å². The molecule has 4 nitrogen and oxygen atoms in total. The maximum Gasteiger partial charge on any atom is 0.319 e. The van der Waals surface area contributed by atoms with Gasteiger partial charge in [0.15, 0.2) is 0 Å². The van der Waals surface area contributed by atoms with Gasteiger partial charge in [-0.3, -0.25) is 0 Å². The van der Waals surface area contributed by atoms with Crippen molar-refractivity contribution in [2.24, 2.45) is 0 Å². The van der Waals surface area contributed by atoms with Crippen LogP contribution in [-0.4, -0.2) is 11.1 Å². The van der Waals surface area contributed by atoms with Crippen LogP contribution in [0, 0.1) is 6.92 Å². The van der Waals surface area contributed by atoms with Crippen LogP contribution >= 0.6 is 0 Å². The summed E-state index contributed by atoms with van der Waals surface area (Å²) in [5.41, 5.74) is 3.47. The summed E-state index contributed by atoms with van der Waals surface area (Å²) in [6.45, 7) is 1.83. The largest absolute Gasteiger partial charge is 0.508 e. The van der Waals surface area contributed by atoms with Gasteiger partial charge < -0.3 is 15.7 Å². The number of rotatable bonds is 4. The zero-order chi connectivity index (χ0) is 17.6. The van der Waals surface area contributed by atoms with Crippen molar-refractivity contribution in [2.45, 2.75) is 13.0 Å². The van der Waals surface area contributed by atoms with Crippen LogP contribution in [0.1, 0.15) is 22.7 Å². The lowest BCUT2D eigenvalue weighted by molar-refractivity contribution is 0.250. The highest BCUT2D eigenvalue weighted by Crippen LogP contribution is 2.23. The summed E-state index contributed by atoms with van der Waals surface area (Å²) in [5, 5.41) is 15.4. The molecule has 0 radical (unpaired) electrons. The number of carbonyl (C=O) groups excluding carboxylic acids is 1. The van der Waals surface area contributed by atoms with Crippen molar-refractivity contribution in [1.29, 1.82) is 0 Å². The fourth-order valence-corrected chi connectivity index (χ4v) is 2.73. The number of anilines is 1. The highest BCUT2D eigenvalue weighted by Gasteiger charge is 2.17. The first-order valence-electron chi connectivity index (χ1n) is 8.10. The normalized spacial score (nSPS) is 10.5. The Morgan fingerprint density at radius 1 is 0.880 bits per heavy atom. The molecule has 0 aliphatic rings. The summed E-state index contributed by atoms with van der Waals surface area (Å²) in [7, 11) is 0. The number of amides is 2. The van der Waals surface area contributed by atoms with Gasteiger partial charge in [0, 0.05) is 5.69 Å². The van der Waals surface area contributed by atoms with Crippen molar-refractivity contribution in [2.75, 3.05) is 5.32 Å².